The summed E-state index contributed by atoms with van der Waals surface area (Å²) in [7, 11) is 1.85. The second kappa shape index (κ2) is 6.90. The Morgan fingerprint density at radius 2 is 2.20 bits per heavy atom. The third-order valence-electron chi connectivity index (χ3n) is 2.79. The van der Waals surface area contributed by atoms with E-state index in [4.69, 9.17) is 0 Å². The number of nitrogens with zero attached hydrogens (tertiary/aromatic N) is 2. The molecule has 0 fully saturated rings. The van der Waals surface area contributed by atoms with Crippen molar-refractivity contribution in [1.29, 1.82) is 0 Å². The van der Waals surface area contributed by atoms with Crippen molar-refractivity contribution < 1.29 is 4.39 Å². The standard InChI is InChI=1S/C15H20FN3S/c1-11(2)7-17-8-12-4-5-15(14(16)6-12)20-13-9-18-19(3)10-13/h4-6,9-11,17H,7-8H2,1-3H3. The van der Waals surface area contributed by atoms with Gasteiger partial charge < -0.3 is 5.32 Å². The minimum absolute atomic E-state index is 0.178. The van der Waals surface area contributed by atoms with Gasteiger partial charge in [0, 0.05) is 24.7 Å². The van der Waals surface area contributed by atoms with E-state index in [1.807, 2.05) is 25.4 Å². The lowest BCUT2D eigenvalue weighted by Gasteiger charge is -2.08. The van der Waals surface area contributed by atoms with Crippen LogP contribution < -0.4 is 5.32 Å². The average molecular weight is 293 g/mol. The summed E-state index contributed by atoms with van der Waals surface area (Å²) in [6.07, 6.45) is 3.62. The van der Waals surface area contributed by atoms with Crippen LogP contribution in [-0.4, -0.2) is 16.3 Å². The number of aromatic nitrogens is 2. The van der Waals surface area contributed by atoms with Crippen LogP contribution in [0, 0.1) is 11.7 Å². The quantitative estimate of drug-likeness (QED) is 0.884. The molecule has 1 aromatic heterocycles. The highest BCUT2D eigenvalue weighted by Gasteiger charge is 2.07. The number of hydrogen-bond donors (Lipinski definition) is 1. The van der Waals surface area contributed by atoms with Crippen LogP contribution in [0.25, 0.3) is 0 Å². The molecule has 0 unspecified atom stereocenters. The topological polar surface area (TPSA) is 29.9 Å². The molecule has 1 heterocycles. The molecule has 0 spiro atoms. The highest BCUT2D eigenvalue weighted by molar-refractivity contribution is 7.99. The zero-order valence-electron chi connectivity index (χ0n) is 12.1. The van der Waals surface area contributed by atoms with Crippen LogP contribution >= 0.6 is 11.8 Å². The summed E-state index contributed by atoms with van der Waals surface area (Å²) < 4.78 is 15.8. The van der Waals surface area contributed by atoms with E-state index in [1.165, 1.54) is 11.8 Å². The van der Waals surface area contributed by atoms with Gasteiger partial charge in [-0.15, -0.1) is 0 Å². The molecule has 2 rings (SSSR count). The number of hydrogen-bond acceptors (Lipinski definition) is 3. The van der Waals surface area contributed by atoms with E-state index in [2.05, 4.69) is 24.3 Å². The Morgan fingerprint density at radius 3 is 2.80 bits per heavy atom. The number of aryl methyl sites for hydroxylation is 1. The van der Waals surface area contributed by atoms with Gasteiger partial charge in [0.05, 0.1) is 11.1 Å². The SMILES string of the molecule is CC(C)CNCc1ccc(Sc2cnn(C)c2)c(F)c1. The largest absolute Gasteiger partial charge is 0.312 e. The van der Waals surface area contributed by atoms with E-state index in [9.17, 15) is 4.39 Å². The van der Waals surface area contributed by atoms with Gasteiger partial charge in [-0.2, -0.15) is 5.10 Å². The molecule has 20 heavy (non-hydrogen) atoms. The molecule has 0 aliphatic heterocycles. The lowest BCUT2D eigenvalue weighted by molar-refractivity contribution is 0.548. The zero-order chi connectivity index (χ0) is 14.5. The Hall–Kier alpha value is -1.33. The summed E-state index contributed by atoms with van der Waals surface area (Å²) in [5, 5.41) is 7.39. The molecule has 1 N–H and O–H groups in total. The first-order chi connectivity index (χ1) is 9.54. The van der Waals surface area contributed by atoms with E-state index in [0.717, 1.165) is 17.0 Å². The van der Waals surface area contributed by atoms with Gasteiger partial charge >= 0.3 is 0 Å². The summed E-state index contributed by atoms with van der Waals surface area (Å²) in [4.78, 5) is 1.57. The maximum atomic E-state index is 14.1. The molecule has 0 aliphatic rings. The van der Waals surface area contributed by atoms with Crippen LogP contribution in [0.1, 0.15) is 19.4 Å². The van der Waals surface area contributed by atoms with Gasteiger partial charge in [0.25, 0.3) is 0 Å². The number of benzene rings is 1. The van der Waals surface area contributed by atoms with Gasteiger partial charge in [0.15, 0.2) is 0 Å². The van der Waals surface area contributed by atoms with Gasteiger partial charge in [-0.25, -0.2) is 4.39 Å². The monoisotopic (exact) mass is 293 g/mol. The summed E-state index contributed by atoms with van der Waals surface area (Å²) in [5.74, 6) is 0.419. The van der Waals surface area contributed by atoms with Crippen molar-refractivity contribution in [2.24, 2.45) is 13.0 Å². The van der Waals surface area contributed by atoms with Crippen LogP contribution in [-0.2, 0) is 13.6 Å². The number of halogens is 1. The minimum atomic E-state index is -0.178. The van der Waals surface area contributed by atoms with Crippen molar-refractivity contribution in [2.75, 3.05) is 6.54 Å². The molecule has 3 nitrogen and oxygen atoms in total. The number of nitrogens with one attached hydrogen (secondary N) is 1. The van der Waals surface area contributed by atoms with E-state index < -0.39 is 0 Å². The van der Waals surface area contributed by atoms with E-state index in [-0.39, 0.29) is 5.82 Å². The molecule has 0 aliphatic carbocycles. The van der Waals surface area contributed by atoms with Gasteiger partial charge in [0.2, 0.25) is 0 Å². The van der Waals surface area contributed by atoms with Gasteiger partial charge in [-0.05, 0) is 30.2 Å². The smallest absolute Gasteiger partial charge is 0.137 e. The third-order valence-corrected chi connectivity index (χ3v) is 3.78. The fourth-order valence-electron chi connectivity index (χ4n) is 1.82. The maximum Gasteiger partial charge on any atom is 0.137 e. The molecule has 108 valence electrons. The Bertz CT molecular complexity index is 566. The molecule has 0 saturated carbocycles. The predicted octanol–water partition coefficient (Wildman–Crippen LogP) is 3.46. The first kappa shape index (κ1) is 15.1. The fourth-order valence-corrected chi connectivity index (χ4v) is 2.67. The van der Waals surface area contributed by atoms with Crippen molar-refractivity contribution in [3.63, 3.8) is 0 Å². The highest BCUT2D eigenvalue weighted by atomic mass is 32.2. The molecule has 1 aromatic carbocycles. The van der Waals surface area contributed by atoms with E-state index >= 15 is 0 Å². The summed E-state index contributed by atoms with van der Waals surface area (Å²) in [6.45, 7) is 5.95. The maximum absolute atomic E-state index is 14.1. The van der Waals surface area contributed by atoms with Crippen LogP contribution in [0.15, 0.2) is 40.4 Å². The van der Waals surface area contributed by atoms with Gasteiger partial charge in [-0.3, -0.25) is 4.68 Å². The van der Waals surface area contributed by atoms with Crippen LogP contribution in [0.5, 0.6) is 0 Å². The zero-order valence-corrected chi connectivity index (χ0v) is 12.9. The van der Waals surface area contributed by atoms with Gasteiger partial charge in [-0.1, -0.05) is 31.7 Å². The molecular formula is C15H20FN3S. The van der Waals surface area contributed by atoms with E-state index in [1.54, 1.807) is 16.9 Å². The Morgan fingerprint density at radius 1 is 1.40 bits per heavy atom. The normalized spacial score (nSPS) is 11.2. The molecule has 5 heteroatoms. The molecule has 0 bridgehead atoms. The molecule has 0 amide bonds. The van der Waals surface area contributed by atoms with Gasteiger partial charge in [0.1, 0.15) is 5.82 Å². The third kappa shape index (κ3) is 4.35. The summed E-state index contributed by atoms with van der Waals surface area (Å²) >= 11 is 1.39. The van der Waals surface area contributed by atoms with Crippen molar-refractivity contribution >= 4 is 11.8 Å². The van der Waals surface area contributed by atoms with E-state index in [0.29, 0.717) is 17.4 Å². The molecular weight excluding hydrogens is 273 g/mol. The molecule has 0 atom stereocenters. The van der Waals surface area contributed by atoms with Crippen molar-refractivity contribution in [3.8, 4) is 0 Å². The van der Waals surface area contributed by atoms with Crippen molar-refractivity contribution in [3.05, 3.63) is 42.0 Å². The van der Waals surface area contributed by atoms with Crippen molar-refractivity contribution in [1.82, 2.24) is 15.1 Å². The first-order valence-corrected chi connectivity index (χ1v) is 7.52. The highest BCUT2D eigenvalue weighted by Crippen LogP contribution is 2.29. The molecule has 2 aromatic rings. The lowest BCUT2D eigenvalue weighted by atomic mass is 10.2. The first-order valence-electron chi connectivity index (χ1n) is 6.70. The second-order valence-electron chi connectivity index (χ2n) is 5.24. The Balaban J connectivity index is 1.98. The van der Waals surface area contributed by atoms with Crippen LogP contribution in [0.4, 0.5) is 4.39 Å². The Labute approximate surface area is 123 Å². The molecule has 0 saturated heterocycles. The fraction of sp³-hybridized carbons (Fsp3) is 0.400. The average Bonchev–Trinajstić information content (AvgIpc) is 2.78. The van der Waals surface area contributed by atoms with Crippen LogP contribution in [0.2, 0.25) is 0 Å². The summed E-state index contributed by atoms with van der Waals surface area (Å²) in [5.41, 5.74) is 0.971. The van der Waals surface area contributed by atoms with Crippen molar-refractivity contribution in [2.45, 2.75) is 30.2 Å². The second-order valence-corrected chi connectivity index (χ2v) is 6.36. The summed E-state index contributed by atoms with van der Waals surface area (Å²) in [6, 6.07) is 5.40. The minimum Gasteiger partial charge on any atom is -0.312 e. The number of rotatable bonds is 6. The van der Waals surface area contributed by atoms with Crippen LogP contribution in [0.3, 0.4) is 0 Å². The predicted molar refractivity (Wildman–Crippen MR) is 80.3 cm³/mol. The lowest BCUT2D eigenvalue weighted by Crippen LogP contribution is -2.18. The molecule has 0 radical (unpaired) electrons. The Kier molecular flexibility index (Phi) is 5.20.